The zero-order valence-corrected chi connectivity index (χ0v) is 9.61. The molecule has 3 rings (SSSR count). The predicted molar refractivity (Wildman–Crippen MR) is 67.2 cm³/mol. The molecule has 0 aliphatic heterocycles. The van der Waals surface area contributed by atoms with E-state index in [1.165, 1.54) is 0 Å². The molecule has 0 saturated carbocycles. The standard InChI is InChI=1S/C11H9N5S/c1-2-4-12-9(3-1)15-10-7-17-11(16-10)8-5-13-14-6-8/h1-7H,(H,12,15)(H,13,14). The Balaban J connectivity index is 1.82. The lowest BCUT2D eigenvalue weighted by Crippen LogP contribution is -1.92. The molecule has 0 spiro atoms. The smallest absolute Gasteiger partial charge is 0.143 e. The van der Waals surface area contributed by atoms with Crippen LogP contribution in [0.2, 0.25) is 0 Å². The van der Waals surface area contributed by atoms with Crippen molar-refractivity contribution < 1.29 is 0 Å². The highest BCUT2D eigenvalue weighted by Gasteiger charge is 2.05. The lowest BCUT2D eigenvalue weighted by molar-refractivity contribution is 1.09. The molecular weight excluding hydrogens is 234 g/mol. The minimum atomic E-state index is 0.788. The van der Waals surface area contributed by atoms with Crippen LogP contribution in [0.15, 0.2) is 42.2 Å². The van der Waals surface area contributed by atoms with Gasteiger partial charge in [-0.1, -0.05) is 6.07 Å². The van der Waals surface area contributed by atoms with Crippen LogP contribution in [-0.2, 0) is 0 Å². The minimum absolute atomic E-state index is 0.788. The second kappa shape index (κ2) is 4.34. The summed E-state index contributed by atoms with van der Waals surface area (Å²) in [6.45, 7) is 0. The van der Waals surface area contributed by atoms with Gasteiger partial charge in [0.1, 0.15) is 16.6 Å². The molecule has 0 bridgehead atoms. The molecule has 0 radical (unpaired) electrons. The van der Waals surface area contributed by atoms with Crippen LogP contribution in [-0.4, -0.2) is 20.2 Å². The van der Waals surface area contributed by atoms with Crippen molar-refractivity contribution in [3.63, 3.8) is 0 Å². The van der Waals surface area contributed by atoms with E-state index in [-0.39, 0.29) is 0 Å². The van der Waals surface area contributed by atoms with Crippen LogP contribution in [0.3, 0.4) is 0 Å². The van der Waals surface area contributed by atoms with Crippen molar-refractivity contribution in [2.45, 2.75) is 0 Å². The maximum atomic E-state index is 4.46. The van der Waals surface area contributed by atoms with Crippen molar-refractivity contribution in [1.29, 1.82) is 0 Å². The van der Waals surface area contributed by atoms with Crippen molar-refractivity contribution in [2.24, 2.45) is 0 Å². The van der Waals surface area contributed by atoms with Gasteiger partial charge in [0.25, 0.3) is 0 Å². The molecule has 84 valence electrons. The largest absolute Gasteiger partial charge is 0.324 e. The number of aromatic nitrogens is 4. The zero-order chi connectivity index (χ0) is 11.5. The van der Waals surface area contributed by atoms with E-state index in [2.05, 4.69) is 25.5 Å². The third-order valence-corrected chi connectivity index (χ3v) is 3.06. The zero-order valence-electron chi connectivity index (χ0n) is 8.79. The number of thiazole rings is 1. The van der Waals surface area contributed by atoms with Crippen LogP contribution in [0.4, 0.5) is 11.6 Å². The molecule has 6 heteroatoms. The predicted octanol–water partition coefficient (Wildman–Crippen LogP) is 2.67. The number of hydrogen-bond acceptors (Lipinski definition) is 5. The fourth-order valence-corrected chi connectivity index (χ4v) is 2.13. The summed E-state index contributed by atoms with van der Waals surface area (Å²) in [5, 5.41) is 12.7. The van der Waals surface area contributed by atoms with E-state index >= 15 is 0 Å². The lowest BCUT2D eigenvalue weighted by Gasteiger charge is -1.99. The van der Waals surface area contributed by atoms with Gasteiger partial charge in [0.2, 0.25) is 0 Å². The molecule has 0 aromatic carbocycles. The van der Waals surface area contributed by atoms with Gasteiger partial charge in [-0.3, -0.25) is 5.10 Å². The number of rotatable bonds is 3. The summed E-state index contributed by atoms with van der Waals surface area (Å²) in [4.78, 5) is 8.64. The lowest BCUT2D eigenvalue weighted by atomic mass is 10.4. The topological polar surface area (TPSA) is 66.5 Å². The molecule has 2 N–H and O–H groups in total. The number of nitrogens with zero attached hydrogens (tertiary/aromatic N) is 3. The van der Waals surface area contributed by atoms with Crippen LogP contribution < -0.4 is 5.32 Å². The van der Waals surface area contributed by atoms with Gasteiger partial charge in [0.05, 0.1) is 6.20 Å². The van der Waals surface area contributed by atoms with Crippen LogP contribution in [0.1, 0.15) is 0 Å². The highest BCUT2D eigenvalue weighted by Crippen LogP contribution is 2.25. The Labute approximate surface area is 102 Å². The summed E-state index contributed by atoms with van der Waals surface area (Å²) in [5.74, 6) is 1.58. The molecule has 0 saturated heterocycles. The number of H-pyrrole nitrogens is 1. The van der Waals surface area contributed by atoms with E-state index in [1.807, 2.05) is 29.8 Å². The molecule has 0 aliphatic carbocycles. The van der Waals surface area contributed by atoms with Gasteiger partial charge in [-0.05, 0) is 12.1 Å². The van der Waals surface area contributed by atoms with Gasteiger partial charge in [-0.2, -0.15) is 5.10 Å². The minimum Gasteiger partial charge on any atom is -0.324 e. The summed E-state index contributed by atoms with van der Waals surface area (Å²) >= 11 is 1.57. The van der Waals surface area contributed by atoms with E-state index in [1.54, 1.807) is 23.7 Å². The number of aromatic amines is 1. The third-order valence-electron chi connectivity index (χ3n) is 2.17. The van der Waals surface area contributed by atoms with Crippen molar-refractivity contribution in [3.05, 3.63) is 42.2 Å². The Hall–Kier alpha value is -2.21. The molecule has 3 aromatic rings. The monoisotopic (exact) mass is 243 g/mol. The third kappa shape index (κ3) is 2.16. The van der Waals surface area contributed by atoms with E-state index < -0.39 is 0 Å². The SMILES string of the molecule is c1ccc(Nc2csc(-c3cn[nH]c3)n2)nc1. The first kappa shape index (κ1) is 9.98. The maximum absolute atomic E-state index is 4.46. The first-order valence-electron chi connectivity index (χ1n) is 5.04. The second-order valence-electron chi connectivity index (χ2n) is 3.36. The fraction of sp³-hybridized carbons (Fsp3) is 0. The second-order valence-corrected chi connectivity index (χ2v) is 4.22. The first-order chi connectivity index (χ1) is 8.42. The Morgan fingerprint density at radius 3 is 3.00 bits per heavy atom. The van der Waals surface area contributed by atoms with Crippen molar-refractivity contribution in [3.8, 4) is 10.6 Å². The van der Waals surface area contributed by atoms with Gasteiger partial charge < -0.3 is 5.32 Å². The molecule has 17 heavy (non-hydrogen) atoms. The molecule has 0 aliphatic rings. The highest BCUT2D eigenvalue weighted by molar-refractivity contribution is 7.13. The summed E-state index contributed by atoms with van der Waals surface area (Å²) in [6.07, 6.45) is 5.32. The summed E-state index contributed by atoms with van der Waals surface area (Å²) in [5.41, 5.74) is 0.990. The Kier molecular flexibility index (Phi) is 2.55. The van der Waals surface area contributed by atoms with Crippen LogP contribution in [0, 0.1) is 0 Å². The maximum Gasteiger partial charge on any atom is 0.143 e. The van der Waals surface area contributed by atoms with Crippen LogP contribution >= 0.6 is 11.3 Å². The van der Waals surface area contributed by atoms with Gasteiger partial charge >= 0.3 is 0 Å². The Bertz CT molecular complexity index is 587. The molecule has 0 fully saturated rings. The average molecular weight is 243 g/mol. The van der Waals surface area contributed by atoms with Crippen LogP contribution in [0.25, 0.3) is 10.6 Å². The molecule has 0 amide bonds. The first-order valence-corrected chi connectivity index (χ1v) is 5.92. The van der Waals surface area contributed by atoms with Crippen molar-refractivity contribution in [1.82, 2.24) is 20.2 Å². The summed E-state index contributed by atoms with van der Waals surface area (Å²) in [7, 11) is 0. The molecular formula is C11H9N5S. The van der Waals surface area contributed by atoms with Gasteiger partial charge in [0, 0.05) is 23.3 Å². The Morgan fingerprint density at radius 1 is 1.24 bits per heavy atom. The molecule has 0 atom stereocenters. The summed E-state index contributed by atoms with van der Waals surface area (Å²) < 4.78 is 0. The Morgan fingerprint density at radius 2 is 2.24 bits per heavy atom. The van der Waals surface area contributed by atoms with Crippen molar-refractivity contribution in [2.75, 3.05) is 5.32 Å². The van der Waals surface area contributed by atoms with Gasteiger partial charge in [-0.25, -0.2) is 9.97 Å². The molecule has 0 unspecified atom stereocenters. The van der Waals surface area contributed by atoms with E-state index in [4.69, 9.17) is 0 Å². The molecule has 3 aromatic heterocycles. The fourth-order valence-electron chi connectivity index (χ4n) is 1.40. The number of hydrogen-bond donors (Lipinski definition) is 2. The summed E-state index contributed by atoms with van der Waals surface area (Å²) in [6, 6.07) is 5.71. The molecule has 5 nitrogen and oxygen atoms in total. The highest BCUT2D eigenvalue weighted by atomic mass is 32.1. The van der Waals surface area contributed by atoms with E-state index in [0.29, 0.717) is 0 Å². The van der Waals surface area contributed by atoms with Gasteiger partial charge in [-0.15, -0.1) is 11.3 Å². The quantitative estimate of drug-likeness (QED) is 0.742. The normalized spacial score (nSPS) is 10.4. The number of pyridine rings is 1. The van der Waals surface area contributed by atoms with E-state index in [0.717, 1.165) is 22.2 Å². The average Bonchev–Trinajstić information content (AvgIpc) is 3.00. The van der Waals surface area contributed by atoms with Crippen LogP contribution in [0.5, 0.6) is 0 Å². The van der Waals surface area contributed by atoms with Crippen molar-refractivity contribution >= 4 is 23.0 Å². The van der Waals surface area contributed by atoms with E-state index in [9.17, 15) is 0 Å². The number of nitrogens with one attached hydrogen (secondary N) is 2. The molecule has 3 heterocycles. The number of anilines is 2. The van der Waals surface area contributed by atoms with Gasteiger partial charge in [0.15, 0.2) is 0 Å².